The maximum Gasteiger partial charge on any atom is 0.275 e. The Morgan fingerprint density at radius 3 is 2.88 bits per heavy atom. The molecule has 0 aliphatic carbocycles. The molecule has 2 N–H and O–H groups in total. The number of rotatable bonds is 2. The zero-order chi connectivity index (χ0) is 11.7. The molecule has 2 rings (SSSR count). The van der Waals surface area contributed by atoms with Crippen LogP contribution < -0.4 is 15.4 Å². The van der Waals surface area contributed by atoms with Gasteiger partial charge in [0, 0.05) is 6.07 Å². The van der Waals surface area contributed by atoms with Crippen molar-refractivity contribution < 1.29 is 14.5 Å². The number of nitro benzene ring substituents is 1. The topological polar surface area (TPSA) is 93.5 Å². The van der Waals surface area contributed by atoms with Gasteiger partial charge in [-0.2, -0.15) is 0 Å². The van der Waals surface area contributed by atoms with Crippen molar-refractivity contribution >= 4 is 23.0 Å². The molecule has 0 atom stereocenters. The van der Waals surface area contributed by atoms with Crippen molar-refractivity contribution in [1.29, 1.82) is 0 Å². The summed E-state index contributed by atoms with van der Waals surface area (Å²) < 4.78 is 5.02. The number of nitro groups is 1. The van der Waals surface area contributed by atoms with Gasteiger partial charge in [-0.05, 0) is 0 Å². The van der Waals surface area contributed by atoms with Crippen LogP contribution in [-0.4, -0.2) is 24.5 Å². The van der Waals surface area contributed by atoms with Crippen LogP contribution in [0.1, 0.15) is 0 Å². The third kappa shape index (κ3) is 1.62. The molecule has 1 aromatic carbocycles. The van der Waals surface area contributed by atoms with Gasteiger partial charge in [0.05, 0.1) is 30.3 Å². The number of anilines is 2. The highest BCUT2D eigenvalue weighted by Gasteiger charge is 2.22. The van der Waals surface area contributed by atoms with Crippen LogP contribution in [0.5, 0.6) is 5.75 Å². The Labute approximate surface area is 90.5 Å². The molecule has 0 fully saturated rings. The molecular formula is C9H9N3O4. The lowest BCUT2D eigenvalue weighted by molar-refractivity contribution is -0.384. The van der Waals surface area contributed by atoms with Gasteiger partial charge in [0.25, 0.3) is 5.69 Å². The van der Waals surface area contributed by atoms with Crippen LogP contribution in [0.4, 0.5) is 17.1 Å². The van der Waals surface area contributed by atoms with Crippen molar-refractivity contribution in [1.82, 2.24) is 0 Å². The number of carbonyl (C=O) groups is 1. The fourth-order valence-corrected chi connectivity index (χ4v) is 1.51. The zero-order valence-electron chi connectivity index (χ0n) is 8.44. The lowest BCUT2D eigenvalue weighted by atomic mass is 10.2. The summed E-state index contributed by atoms with van der Waals surface area (Å²) >= 11 is 0. The number of non-ortho nitro benzene ring substituents is 1. The monoisotopic (exact) mass is 223 g/mol. The molecule has 0 saturated carbocycles. The summed E-state index contributed by atoms with van der Waals surface area (Å²) in [5, 5.41) is 16.0. The zero-order valence-corrected chi connectivity index (χ0v) is 8.44. The fourth-order valence-electron chi connectivity index (χ4n) is 1.51. The van der Waals surface area contributed by atoms with E-state index in [4.69, 9.17) is 4.74 Å². The minimum atomic E-state index is -0.538. The molecule has 7 nitrogen and oxygen atoms in total. The molecule has 1 aromatic rings. The van der Waals surface area contributed by atoms with Crippen LogP contribution in [0.25, 0.3) is 0 Å². The third-order valence-electron chi connectivity index (χ3n) is 2.22. The average Bonchev–Trinajstić information content (AvgIpc) is 2.26. The van der Waals surface area contributed by atoms with Crippen LogP contribution >= 0.6 is 0 Å². The summed E-state index contributed by atoms with van der Waals surface area (Å²) in [6.45, 7) is 0.126. The summed E-state index contributed by atoms with van der Waals surface area (Å²) in [4.78, 5) is 21.2. The van der Waals surface area contributed by atoms with E-state index in [0.29, 0.717) is 17.1 Å². The number of benzene rings is 1. The Bertz CT molecular complexity index is 472. The molecule has 0 spiro atoms. The van der Waals surface area contributed by atoms with Gasteiger partial charge in [-0.25, -0.2) is 0 Å². The summed E-state index contributed by atoms with van der Waals surface area (Å²) in [7, 11) is 1.41. The molecular weight excluding hydrogens is 214 g/mol. The number of carbonyl (C=O) groups excluding carboxylic acids is 1. The van der Waals surface area contributed by atoms with Gasteiger partial charge in [-0.1, -0.05) is 0 Å². The second-order valence-electron chi connectivity index (χ2n) is 3.23. The normalized spacial score (nSPS) is 13.4. The molecule has 1 amide bonds. The summed E-state index contributed by atoms with van der Waals surface area (Å²) in [5.41, 5.74) is 0.801. The van der Waals surface area contributed by atoms with E-state index < -0.39 is 4.92 Å². The second kappa shape index (κ2) is 3.69. The van der Waals surface area contributed by atoms with E-state index in [2.05, 4.69) is 10.6 Å². The van der Waals surface area contributed by atoms with Crippen LogP contribution in [0.3, 0.4) is 0 Å². The maximum atomic E-state index is 11.1. The largest absolute Gasteiger partial charge is 0.494 e. The van der Waals surface area contributed by atoms with Crippen molar-refractivity contribution in [2.45, 2.75) is 0 Å². The van der Waals surface area contributed by atoms with E-state index in [9.17, 15) is 14.9 Å². The Balaban J connectivity index is 2.54. The third-order valence-corrected chi connectivity index (χ3v) is 2.22. The smallest absolute Gasteiger partial charge is 0.275 e. The van der Waals surface area contributed by atoms with Gasteiger partial charge in [0.15, 0.2) is 5.75 Å². The summed E-state index contributed by atoms with van der Waals surface area (Å²) in [6, 6.07) is 2.60. The molecule has 1 aliphatic rings. The van der Waals surface area contributed by atoms with Crippen molar-refractivity contribution in [3.63, 3.8) is 0 Å². The van der Waals surface area contributed by atoms with E-state index in [1.807, 2.05) is 0 Å². The predicted molar refractivity (Wildman–Crippen MR) is 56.8 cm³/mol. The number of amides is 1. The van der Waals surface area contributed by atoms with Crippen molar-refractivity contribution in [2.75, 3.05) is 24.3 Å². The highest BCUT2D eigenvalue weighted by Crippen LogP contribution is 2.38. The van der Waals surface area contributed by atoms with Crippen molar-refractivity contribution in [3.05, 3.63) is 22.2 Å². The van der Waals surface area contributed by atoms with Crippen LogP contribution in [0, 0.1) is 10.1 Å². The molecule has 0 aromatic heterocycles. The lowest BCUT2D eigenvalue weighted by Gasteiger charge is -2.20. The highest BCUT2D eigenvalue weighted by molar-refractivity contribution is 6.02. The lowest BCUT2D eigenvalue weighted by Crippen LogP contribution is -2.27. The summed E-state index contributed by atoms with van der Waals surface area (Å²) in [5.74, 6) is 0.0965. The first-order valence-electron chi connectivity index (χ1n) is 4.52. The van der Waals surface area contributed by atoms with Crippen LogP contribution in [-0.2, 0) is 4.79 Å². The summed E-state index contributed by atoms with van der Waals surface area (Å²) in [6.07, 6.45) is 0. The standard InChI is InChI=1S/C9H9N3O4/c1-16-7-3-5(12(14)15)2-6-9(7)10-4-8(13)11-6/h2-3,10H,4H2,1H3,(H,11,13). The number of fused-ring (bicyclic) bond motifs is 1. The fraction of sp³-hybridized carbons (Fsp3) is 0.222. The Hall–Kier alpha value is -2.31. The molecule has 84 valence electrons. The van der Waals surface area contributed by atoms with E-state index in [-0.39, 0.29) is 18.1 Å². The van der Waals surface area contributed by atoms with E-state index >= 15 is 0 Å². The van der Waals surface area contributed by atoms with Gasteiger partial charge in [0.2, 0.25) is 5.91 Å². The van der Waals surface area contributed by atoms with E-state index in [1.165, 1.54) is 19.2 Å². The quantitative estimate of drug-likeness (QED) is 0.575. The van der Waals surface area contributed by atoms with Gasteiger partial charge in [-0.15, -0.1) is 0 Å². The Morgan fingerprint density at radius 1 is 1.50 bits per heavy atom. The van der Waals surface area contributed by atoms with Crippen molar-refractivity contribution in [2.24, 2.45) is 0 Å². The molecule has 1 heterocycles. The van der Waals surface area contributed by atoms with Gasteiger partial charge in [-0.3, -0.25) is 14.9 Å². The van der Waals surface area contributed by atoms with E-state index in [1.54, 1.807) is 0 Å². The first-order chi connectivity index (χ1) is 7.61. The molecule has 7 heteroatoms. The predicted octanol–water partition coefficient (Wildman–Crippen LogP) is 0.967. The van der Waals surface area contributed by atoms with Gasteiger partial charge >= 0.3 is 0 Å². The molecule has 0 bridgehead atoms. The Morgan fingerprint density at radius 2 is 2.25 bits per heavy atom. The molecule has 0 unspecified atom stereocenters. The maximum absolute atomic E-state index is 11.1. The molecule has 16 heavy (non-hydrogen) atoms. The molecule has 1 aliphatic heterocycles. The number of ether oxygens (including phenoxy) is 1. The van der Waals surface area contributed by atoms with Gasteiger partial charge in [0.1, 0.15) is 5.69 Å². The average molecular weight is 223 g/mol. The second-order valence-corrected chi connectivity index (χ2v) is 3.23. The first-order valence-corrected chi connectivity index (χ1v) is 4.52. The minimum Gasteiger partial charge on any atom is -0.494 e. The Kier molecular flexibility index (Phi) is 2.35. The van der Waals surface area contributed by atoms with Crippen molar-refractivity contribution in [3.8, 4) is 5.75 Å². The number of methoxy groups -OCH3 is 1. The number of hydrogen-bond acceptors (Lipinski definition) is 5. The first kappa shape index (κ1) is 10.2. The number of nitrogens with one attached hydrogen (secondary N) is 2. The van der Waals surface area contributed by atoms with Gasteiger partial charge < -0.3 is 15.4 Å². The van der Waals surface area contributed by atoms with Crippen LogP contribution in [0.15, 0.2) is 12.1 Å². The highest BCUT2D eigenvalue weighted by atomic mass is 16.6. The van der Waals surface area contributed by atoms with Crippen LogP contribution in [0.2, 0.25) is 0 Å². The minimum absolute atomic E-state index is 0.125. The van der Waals surface area contributed by atoms with E-state index in [0.717, 1.165) is 0 Å². The SMILES string of the molecule is COc1cc([N+](=O)[O-])cc2c1NCC(=O)N2. The molecule has 0 radical (unpaired) electrons. The molecule has 0 saturated heterocycles. The number of hydrogen-bond donors (Lipinski definition) is 2. The number of nitrogens with zero attached hydrogens (tertiary/aromatic N) is 1.